The Balaban J connectivity index is 1.75. The topological polar surface area (TPSA) is 90.4 Å². The van der Waals surface area contributed by atoms with Gasteiger partial charge in [-0.05, 0) is 24.6 Å². The van der Waals surface area contributed by atoms with Crippen molar-refractivity contribution in [3.8, 4) is 0 Å². The number of rotatable bonds is 5. The van der Waals surface area contributed by atoms with Gasteiger partial charge in [0, 0.05) is 18.2 Å². The average molecular weight is 355 g/mol. The van der Waals surface area contributed by atoms with Crippen molar-refractivity contribution >= 4 is 29.5 Å². The SMILES string of the molecule is Cc1ccc(CN2C(=O)C[C@@H](Sc3ncccc3C(=O)[O-])C2=O)cc1. The number of aromatic carboxylic acids is 1. The first-order valence-electron chi connectivity index (χ1n) is 7.68. The third kappa shape index (κ3) is 3.71. The number of carboxylic acids is 1. The fourth-order valence-electron chi connectivity index (χ4n) is 2.56. The van der Waals surface area contributed by atoms with E-state index in [4.69, 9.17) is 0 Å². The lowest BCUT2D eigenvalue weighted by molar-refractivity contribution is -0.255. The molecule has 2 aromatic rings. The molecule has 1 aromatic heterocycles. The highest BCUT2D eigenvalue weighted by Gasteiger charge is 2.39. The van der Waals surface area contributed by atoms with E-state index in [-0.39, 0.29) is 35.4 Å². The zero-order chi connectivity index (χ0) is 18.0. The predicted octanol–water partition coefficient (Wildman–Crippen LogP) is 1.17. The van der Waals surface area contributed by atoms with Crippen LogP contribution in [-0.2, 0) is 16.1 Å². The Morgan fingerprint density at radius 3 is 2.68 bits per heavy atom. The number of carboxylic acid groups (broad SMARTS) is 1. The van der Waals surface area contributed by atoms with Crippen LogP contribution in [0.4, 0.5) is 0 Å². The number of aromatic nitrogens is 1. The van der Waals surface area contributed by atoms with Crippen LogP contribution in [-0.4, -0.2) is 32.9 Å². The minimum atomic E-state index is -1.36. The Morgan fingerprint density at radius 1 is 1.28 bits per heavy atom. The second-order valence-electron chi connectivity index (χ2n) is 5.76. The predicted molar refractivity (Wildman–Crippen MR) is 89.6 cm³/mol. The Bertz CT molecular complexity index is 835. The summed E-state index contributed by atoms with van der Waals surface area (Å²) in [6.45, 7) is 2.18. The number of carbonyl (C=O) groups excluding carboxylic acids is 3. The normalized spacial score (nSPS) is 17.2. The zero-order valence-electron chi connectivity index (χ0n) is 13.5. The Hall–Kier alpha value is -2.67. The molecule has 128 valence electrons. The number of thioether (sulfide) groups is 1. The summed E-state index contributed by atoms with van der Waals surface area (Å²) < 4.78 is 0. The molecule has 0 bridgehead atoms. The highest BCUT2D eigenvalue weighted by molar-refractivity contribution is 8.00. The van der Waals surface area contributed by atoms with E-state index >= 15 is 0 Å². The fraction of sp³-hybridized carbons (Fsp3) is 0.222. The molecule has 1 aliphatic heterocycles. The summed E-state index contributed by atoms with van der Waals surface area (Å²) >= 11 is 0.991. The van der Waals surface area contributed by atoms with Crippen molar-refractivity contribution in [3.05, 3.63) is 59.3 Å². The summed E-state index contributed by atoms with van der Waals surface area (Å²) in [5.74, 6) is -1.96. The monoisotopic (exact) mass is 355 g/mol. The average Bonchev–Trinajstić information content (AvgIpc) is 2.84. The van der Waals surface area contributed by atoms with Gasteiger partial charge in [0.15, 0.2) is 0 Å². The van der Waals surface area contributed by atoms with E-state index in [1.54, 1.807) is 0 Å². The van der Waals surface area contributed by atoms with Crippen molar-refractivity contribution in [3.63, 3.8) is 0 Å². The van der Waals surface area contributed by atoms with Crippen molar-refractivity contribution in [1.82, 2.24) is 9.88 Å². The van der Waals surface area contributed by atoms with Gasteiger partial charge in [-0.25, -0.2) is 4.98 Å². The molecule has 0 unspecified atom stereocenters. The van der Waals surface area contributed by atoms with Crippen LogP contribution < -0.4 is 5.11 Å². The lowest BCUT2D eigenvalue weighted by Crippen LogP contribution is -2.31. The quantitative estimate of drug-likeness (QED) is 0.748. The van der Waals surface area contributed by atoms with Gasteiger partial charge in [-0.15, -0.1) is 0 Å². The van der Waals surface area contributed by atoms with E-state index in [1.165, 1.54) is 23.2 Å². The maximum Gasteiger partial charge on any atom is 0.243 e. The maximum atomic E-state index is 12.6. The van der Waals surface area contributed by atoms with Crippen LogP contribution >= 0.6 is 11.8 Å². The van der Waals surface area contributed by atoms with Gasteiger partial charge in [-0.2, -0.15) is 0 Å². The van der Waals surface area contributed by atoms with Crippen molar-refractivity contribution in [2.45, 2.75) is 30.2 Å². The highest BCUT2D eigenvalue weighted by Crippen LogP contribution is 2.32. The molecular weight excluding hydrogens is 340 g/mol. The van der Waals surface area contributed by atoms with E-state index in [1.807, 2.05) is 31.2 Å². The molecule has 1 saturated heterocycles. The van der Waals surface area contributed by atoms with Crippen LogP contribution in [0.3, 0.4) is 0 Å². The molecule has 0 spiro atoms. The van der Waals surface area contributed by atoms with Crippen LogP contribution in [0.1, 0.15) is 27.9 Å². The first kappa shape index (κ1) is 17.2. The molecule has 0 saturated carbocycles. The van der Waals surface area contributed by atoms with Crippen molar-refractivity contribution in [1.29, 1.82) is 0 Å². The van der Waals surface area contributed by atoms with Crippen LogP contribution in [0, 0.1) is 6.92 Å². The van der Waals surface area contributed by atoms with Gasteiger partial charge in [-0.1, -0.05) is 41.6 Å². The summed E-state index contributed by atoms with van der Waals surface area (Å²) in [6, 6.07) is 10.5. The molecule has 0 N–H and O–H groups in total. The second-order valence-corrected chi connectivity index (χ2v) is 6.95. The van der Waals surface area contributed by atoms with Gasteiger partial charge >= 0.3 is 0 Å². The molecular formula is C18H15N2O4S-. The molecule has 2 amide bonds. The first-order chi connectivity index (χ1) is 12.0. The van der Waals surface area contributed by atoms with Crippen LogP contribution in [0.5, 0.6) is 0 Å². The standard InChI is InChI=1S/C18H16N2O4S/c1-11-4-6-12(7-5-11)10-20-15(21)9-14(17(20)22)25-16-13(18(23)24)3-2-8-19-16/h2-8,14H,9-10H2,1H3,(H,23,24)/p-1/t14-/m1/s1. The smallest absolute Gasteiger partial charge is 0.243 e. The molecule has 7 heteroatoms. The summed E-state index contributed by atoms with van der Waals surface area (Å²) in [7, 11) is 0. The summed E-state index contributed by atoms with van der Waals surface area (Å²) in [6.07, 6.45) is 1.47. The van der Waals surface area contributed by atoms with Crippen molar-refractivity contribution in [2.75, 3.05) is 0 Å². The largest absolute Gasteiger partial charge is 0.545 e. The maximum absolute atomic E-state index is 12.6. The Kier molecular flexibility index (Phi) is 4.85. The summed E-state index contributed by atoms with van der Waals surface area (Å²) in [5, 5.41) is 10.7. The number of pyridine rings is 1. The molecule has 0 radical (unpaired) electrons. The first-order valence-corrected chi connectivity index (χ1v) is 8.56. The molecule has 1 aliphatic rings. The number of aryl methyl sites for hydroxylation is 1. The number of hydrogen-bond donors (Lipinski definition) is 0. The molecule has 2 heterocycles. The van der Waals surface area contributed by atoms with Crippen LogP contribution in [0.25, 0.3) is 0 Å². The third-order valence-corrected chi connectivity index (χ3v) is 5.11. The van der Waals surface area contributed by atoms with Crippen molar-refractivity contribution < 1.29 is 19.5 Å². The summed E-state index contributed by atoms with van der Waals surface area (Å²) in [4.78, 5) is 41.1. The zero-order valence-corrected chi connectivity index (χ0v) is 14.3. The van der Waals surface area contributed by atoms with E-state index < -0.39 is 11.2 Å². The molecule has 6 nitrogen and oxygen atoms in total. The van der Waals surface area contributed by atoms with Crippen LogP contribution in [0.15, 0.2) is 47.6 Å². The van der Waals surface area contributed by atoms with Gasteiger partial charge in [0.2, 0.25) is 11.8 Å². The number of benzene rings is 1. The van der Waals surface area contributed by atoms with Crippen LogP contribution in [0.2, 0.25) is 0 Å². The molecule has 0 aliphatic carbocycles. The number of carbonyl (C=O) groups is 3. The van der Waals surface area contributed by atoms with Gasteiger partial charge in [-0.3, -0.25) is 14.5 Å². The van der Waals surface area contributed by atoms with Gasteiger partial charge < -0.3 is 9.90 Å². The fourth-order valence-corrected chi connectivity index (χ4v) is 3.69. The van der Waals surface area contributed by atoms with E-state index in [0.29, 0.717) is 0 Å². The minimum absolute atomic E-state index is 0.0262. The molecule has 1 atom stereocenters. The number of imide groups is 1. The number of likely N-dealkylation sites (tertiary alicyclic amines) is 1. The van der Waals surface area contributed by atoms with Crippen molar-refractivity contribution in [2.24, 2.45) is 0 Å². The van der Waals surface area contributed by atoms with Gasteiger partial charge in [0.1, 0.15) is 5.03 Å². The Labute approximate surface area is 148 Å². The summed E-state index contributed by atoms with van der Waals surface area (Å²) in [5.41, 5.74) is 1.89. The van der Waals surface area contributed by atoms with Gasteiger partial charge in [0.25, 0.3) is 0 Å². The highest BCUT2D eigenvalue weighted by atomic mass is 32.2. The van der Waals surface area contributed by atoms with Gasteiger partial charge in [0.05, 0.1) is 17.8 Å². The molecule has 1 fully saturated rings. The minimum Gasteiger partial charge on any atom is -0.545 e. The lowest BCUT2D eigenvalue weighted by Gasteiger charge is -2.15. The number of amides is 2. The van der Waals surface area contributed by atoms with E-state index in [0.717, 1.165) is 22.9 Å². The Morgan fingerprint density at radius 2 is 2.00 bits per heavy atom. The van der Waals surface area contributed by atoms with E-state index in [9.17, 15) is 19.5 Å². The second kappa shape index (κ2) is 7.06. The van der Waals surface area contributed by atoms with E-state index in [2.05, 4.69) is 4.98 Å². The molecule has 3 rings (SSSR count). The molecule has 25 heavy (non-hydrogen) atoms. The number of hydrogen-bond acceptors (Lipinski definition) is 6. The lowest BCUT2D eigenvalue weighted by atomic mass is 10.1. The third-order valence-electron chi connectivity index (χ3n) is 3.91. The number of nitrogens with zero attached hydrogens (tertiary/aromatic N) is 2. The molecule has 1 aromatic carbocycles.